The fraction of sp³-hybridized carbons (Fsp3) is 0.571. The van der Waals surface area contributed by atoms with Crippen molar-refractivity contribution in [2.75, 3.05) is 19.8 Å². The molecule has 0 aliphatic heterocycles. The highest BCUT2D eigenvalue weighted by Gasteiger charge is 2.15. The quantitative estimate of drug-likeness (QED) is 0.223. The Kier molecular flexibility index (Phi) is 11.2. The van der Waals surface area contributed by atoms with Crippen LogP contribution in [0, 0.1) is 5.92 Å². The van der Waals surface area contributed by atoms with Crippen molar-refractivity contribution in [3.8, 4) is 0 Å². The Balaban J connectivity index is 4.16. The summed E-state index contributed by atoms with van der Waals surface area (Å²) in [7, 11) is -4.46. The van der Waals surface area contributed by atoms with Gasteiger partial charge in [0.25, 0.3) is 0 Å². The van der Waals surface area contributed by atoms with Crippen LogP contribution in [0.5, 0.6) is 0 Å². The Morgan fingerprint density at radius 1 is 0.957 bits per heavy atom. The third kappa shape index (κ3) is 13.9. The Hall–Kier alpha value is -1.47. The van der Waals surface area contributed by atoms with Crippen molar-refractivity contribution in [2.45, 2.75) is 25.7 Å². The Bertz CT molecular complexity index is 416. The van der Waals surface area contributed by atoms with Gasteiger partial charge in [0.05, 0.1) is 19.8 Å². The topological polar surface area (TPSA) is 119 Å². The van der Waals surface area contributed by atoms with Gasteiger partial charge < -0.3 is 19.3 Å². The molecule has 9 heteroatoms. The van der Waals surface area contributed by atoms with Crippen LogP contribution in [0.4, 0.5) is 0 Å². The summed E-state index contributed by atoms with van der Waals surface area (Å²) in [5.41, 5.74) is 0. The van der Waals surface area contributed by atoms with Crippen LogP contribution < -0.4 is 0 Å². The maximum absolute atomic E-state index is 11.0. The predicted molar refractivity (Wildman–Crippen MR) is 82.3 cm³/mol. The summed E-state index contributed by atoms with van der Waals surface area (Å²) in [5, 5.41) is 0. The number of carbonyl (C=O) groups excluding carboxylic acids is 2. The van der Waals surface area contributed by atoms with Crippen molar-refractivity contribution < 1.29 is 37.9 Å². The molecule has 0 bridgehead atoms. The van der Waals surface area contributed by atoms with E-state index in [-0.39, 0.29) is 25.7 Å². The van der Waals surface area contributed by atoms with Gasteiger partial charge in [0.15, 0.2) is 0 Å². The molecular weight excluding hydrogens is 327 g/mol. The molecule has 0 aromatic heterocycles. The van der Waals surface area contributed by atoms with Crippen LogP contribution in [-0.2, 0) is 28.2 Å². The highest BCUT2D eigenvalue weighted by molar-refractivity contribution is 7.46. The number of phosphoric ester groups is 1. The first kappa shape index (κ1) is 21.5. The highest BCUT2D eigenvalue weighted by Crippen LogP contribution is 2.36. The third-order valence-electron chi connectivity index (χ3n) is 2.89. The lowest BCUT2D eigenvalue weighted by molar-refractivity contribution is -0.138. The van der Waals surface area contributed by atoms with Gasteiger partial charge in [-0.05, 0) is 31.6 Å². The van der Waals surface area contributed by atoms with Crippen LogP contribution in [0.2, 0.25) is 0 Å². The molecule has 0 unspecified atom stereocenters. The van der Waals surface area contributed by atoms with Gasteiger partial charge in [-0.3, -0.25) is 4.52 Å². The van der Waals surface area contributed by atoms with E-state index in [1.165, 1.54) is 0 Å². The lowest BCUT2D eigenvalue weighted by atomic mass is 9.97. The average Bonchev–Trinajstić information content (AvgIpc) is 2.49. The second kappa shape index (κ2) is 12.0. The van der Waals surface area contributed by atoms with E-state index in [0.717, 1.165) is 12.2 Å². The SMILES string of the molecule is C=CC(=O)OCCC(CCCOP(=O)(O)O)CCOC(=O)C=C. The maximum Gasteiger partial charge on any atom is 0.469 e. The molecule has 23 heavy (non-hydrogen) atoms. The minimum Gasteiger partial charge on any atom is -0.463 e. The molecule has 0 radical (unpaired) electrons. The molecule has 0 saturated carbocycles. The zero-order chi connectivity index (χ0) is 17.7. The zero-order valence-electron chi connectivity index (χ0n) is 12.9. The smallest absolute Gasteiger partial charge is 0.463 e. The number of phosphoric acid groups is 1. The summed E-state index contributed by atoms with van der Waals surface area (Å²) in [6, 6.07) is 0. The summed E-state index contributed by atoms with van der Waals surface area (Å²) in [5.74, 6) is -0.996. The van der Waals surface area contributed by atoms with Gasteiger partial charge in [-0.25, -0.2) is 14.2 Å². The van der Waals surface area contributed by atoms with E-state index in [9.17, 15) is 14.2 Å². The lowest BCUT2D eigenvalue weighted by Gasteiger charge is -2.16. The number of ether oxygens (including phenoxy) is 2. The molecule has 0 aromatic carbocycles. The van der Waals surface area contributed by atoms with Crippen molar-refractivity contribution in [2.24, 2.45) is 5.92 Å². The summed E-state index contributed by atoms with van der Waals surface area (Å²) < 4.78 is 24.7. The number of esters is 2. The molecule has 0 fully saturated rings. The van der Waals surface area contributed by atoms with E-state index in [2.05, 4.69) is 17.7 Å². The molecule has 0 aliphatic carbocycles. The Morgan fingerprint density at radius 2 is 1.43 bits per heavy atom. The molecule has 0 atom stereocenters. The Labute approximate surface area is 135 Å². The molecule has 0 heterocycles. The predicted octanol–water partition coefficient (Wildman–Crippen LogP) is 1.73. The Morgan fingerprint density at radius 3 is 1.83 bits per heavy atom. The van der Waals surface area contributed by atoms with Gasteiger partial charge in [0.2, 0.25) is 0 Å². The molecule has 0 aromatic rings. The number of hydrogen-bond donors (Lipinski definition) is 2. The summed E-state index contributed by atoms with van der Waals surface area (Å²) in [6.07, 6.45) is 4.18. The van der Waals surface area contributed by atoms with Crippen molar-refractivity contribution in [1.82, 2.24) is 0 Å². The van der Waals surface area contributed by atoms with E-state index >= 15 is 0 Å². The second-order valence-electron chi connectivity index (χ2n) is 4.65. The third-order valence-corrected chi connectivity index (χ3v) is 3.41. The molecule has 0 spiro atoms. The maximum atomic E-state index is 11.0. The zero-order valence-corrected chi connectivity index (χ0v) is 13.8. The molecule has 0 aliphatic rings. The van der Waals surface area contributed by atoms with E-state index < -0.39 is 19.8 Å². The van der Waals surface area contributed by atoms with Gasteiger partial charge in [-0.15, -0.1) is 0 Å². The number of carbonyl (C=O) groups is 2. The molecular formula is C14H23O8P. The second-order valence-corrected chi connectivity index (χ2v) is 5.89. The molecule has 132 valence electrons. The van der Waals surface area contributed by atoms with Gasteiger partial charge >= 0.3 is 19.8 Å². The summed E-state index contributed by atoms with van der Waals surface area (Å²) in [4.78, 5) is 39.2. The van der Waals surface area contributed by atoms with E-state index in [0.29, 0.717) is 25.7 Å². The number of hydrogen-bond acceptors (Lipinski definition) is 6. The first-order valence-electron chi connectivity index (χ1n) is 7.07. The van der Waals surface area contributed by atoms with Crippen LogP contribution in [-0.4, -0.2) is 41.5 Å². The van der Waals surface area contributed by atoms with Gasteiger partial charge in [-0.1, -0.05) is 13.2 Å². The standard InChI is InChI=1S/C14H23O8P/c1-3-13(15)20-10-7-12(8-11-21-14(16)4-2)6-5-9-22-23(17,18)19/h3-4,12H,1-2,5-11H2,(H2,17,18,19). The van der Waals surface area contributed by atoms with E-state index in [1.807, 2.05) is 0 Å². The largest absolute Gasteiger partial charge is 0.469 e. The average molecular weight is 350 g/mol. The van der Waals surface area contributed by atoms with Gasteiger partial charge in [0, 0.05) is 12.2 Å². The molecule has 2 N–H and O–H groups in total. The van der Waals surface area contributed by atoms with Crippen molar-refractivity contribution in [3.63, 3.8) is 0 Å². The fourth-order valence-electron chi connectivity index (χ4n) is 1.76. The van der Waals surface area contributed by atoms with Gasteiger partial charge in [-0.2, -0.15) is 0 Å². The fourth-order valence-corrected chi connectivity index (χ4v) is 2.13. The molecule has 8 nitrogen and oxygen atoms in total. The van der Waals surface area contributed by atoms with Gasteiger partial charge in [0.1, 0.15) is 0 Å². The van der Waals surface area contributed by atoms with Crippen molar-refractivity contribution in [1.29, 1.82) is 0 Å². The van der Waals surface area contributed by atoms with Crippen LogP contribution in [0.15, 0.2) is 25.3 Å². The van der Waals surface area contributed by atoms with Crippen LogP contribution in [0.3, 0.4) is 0 Å². The normalized spacial score (nSPS) is 11.1. The monoisotopic (exact) mass is 350 g/mol. The molecule has 0 saturated heterocycles. The first-order valence-corrected chi connectivity index (χ1v) is 8.60. The highest BCUT2D eigenvalue weighted by atomic mass is 31.2. The van der Waals surface area contributed by atoms with Crippen molar-refractivity contribution in [3.05, 3.63) is 25.3 Å². The first-order chi connectivity index (χ1) is 10.8. The van der Waals surface area contributed by atoms with Crippen molar-refractivity contribution >= 4 is 19.8 Å². The molecule has 0 amide bonds. The minimum absolute atomic E-state index is 0.0469. The molecule has 0 rings (SSSR count). The van der Waals surface area contributed by atoms with E-state index in [4.69, 9.17) is 19.3 Å². The van der Waals surface area contributed by atoms with Crippen LogP contribution >= 0.6 is 7.82 Å². The van der Waals surface area contributed by atoms with E-state index in [1.54, 1.807) is 0 Å². The minimum atomic E-state index is -4.46. The van der Waals surface area contributed by atoms with Crippen LogP contribution in [0.1, 0.15) is 25.7 Å². The summed E-state index contributed by atoms with van der Waals surface area (Å²) >= 11 is 0. The number of rotatable bonds is 13. The van der Waals surface area contributed by atoms with Crippen LogP contribution in [0.25, 0.3) is 0 Å². The lowest BCUT2D eigenvalue weighted by Crippen LogP contribution is -2.13. The summed E-state index contributed by atoms with van der Waals surface area (Å²) in [6.45, 7) is 6.86.